The van der Waals surface area contributed by atoms with E-state index in [1.165, 1.54) is 16.4 Å². The van der Waals surface area contributed by atoms with Gasteiger partial charge < -0.3 is 9.88 Å². The van der Waals surface area contributed by atoms with E-state index in [-0.39, 0.29) is 22.9 Å². The van der Waals surface area contributed by atoms with Gasteiger partial charge >= 0.3 is 0 Å². The summed E-state index contributed by atoms with van der Waals surface area (Å²) < 4.78 is 5.13. The van der Waals surface area contributed by atoms with Crippen molar-refractivity contribution in [3.8, 4) is 17.1 Å². The van der Waals surface area contributed by atoms with Crippen molar-refractivity contribution in [3.63, 3.8) is 0 Å². The van der Waals surface area contributed by atoms with Crippen LogP contribution in [0.2, 0.25) is 0 Å². The number of hydrogen-bond donors (Lipinski definition) is 1. The summed E-state index contributed by atoms with van der Waals surface area (Å²) in [5, 5.41) is 11.9. The number of nitrogens with one attached hydrogen (secondary N) is 1. The van der Waals surface area contributed by atoms with Crippen LogP contribution in [0.5, 0.6) is 0 Å². The Hall–Kier alpha value is -3.59. The van der Waals surface area contributed by atoms with Gasteiger partial charge in [-0.05, 0) is 32.0 Å². The second-order valence-electron chi connectivity index (χ2n) is 7.51. The van der Waals surface area contributed by atoms with Gasteiger partial charge in [0.25, 0.3) is 5.56 Å². The van der Waals surface area contributed by atoms with Crippen molar-refractivity contribution in [1.82, 2.24) is 24.1 Å². The number of carbonyl (C=O) groups excluding carboxylic acids is 1. The molecule has 2 aromatic heterocycles. The number of thioether (sulfide) groups is 1. The van der Waals surface area contributed by atoms with Crippen LogP contribution < -0.4 is 10.9 Å². The van der Waals surface area contributed by atoms with Gasteiger partial charge in [-0.2, -0.15) is 0 Å². The quantitative estimate of drug-likeness (QED) is 0.457. The van der Waals surface area contributed by atoms with E-state index in [2.05, 4.69) is 15.5 Å². The fraction of sp³-hybridized carbons (Fsp3) is 0.217. The fourth-order valence-corrected chi connectivity index (χ4v) is 4.21. The molecule has 9 heteroatoms. The van der Waals surface area contributed by atoms with E-state index in [1.807, 2.05) is 73.1 Å². The molecule has 0 aliphatic carbocycles. The highest BCUT2D eigenvalue weighted by Crippen LogP contribution is 2.23. The molecule has 2 aromatic carbocycles. The lowest BCUT2D eigenvalue weighted by Crippen LogP contribution is -2.23. The first-order chi connectivity index (χ1) is 15.4. The molecular weight excluding hydrogens is 424 g/mol. The van der Waals surface area contributed by atoms with E-state index in [1.54, 1.807) is 18.7 Å². The van der Waals surface area contributed by atoms with Gasteiger partial charge in [-0.25, -0.2) is 4.68 Å². The van der Waals surface area contributed by atoms with Gasteiger partial charge in [0.15, 0.2) is 11.0 Å². The molecular formula is C23H24N6O2S. The van der Waals surface area contributed by atoms with E-state index < -0.39 is 0 Å². The molecule has 0 aliphatic heterocycles. The van der Waals surface area contributed by atoms with Crippen LogP contribution >= 0.6 is 11.8 Å². The maximum atomic E-state index is 13.0. The van der Waals surface area contributed by atoms with Crippen LogP contribution in [0.1, 0.15) is 11.3 Å². The predicted octanol–water partition coefficient (Wildman–Crippen LogP) is 3.32. The van der Waals surface area contributed by atoms with E-state index in [9.17, 15) is 9.59 Å². The van der Waals surface area contributed by atoms with Gasteiger partial charge in [0.1, 0.15) is 5.69 Å². The number of benzene rings is 2. The number of anilines is 1. The third-order valence-corrected chi connectivity index (χ3v) is 6.28. The van der Waals surface area contributed by atoms with Crippen LogP contribution in [0, 0.1) is 13.8 Å². The molecule has 2 heterocycles. The highest BCUT2D eigenvalue weighted by molar-refractivity contribution is 7.99. The Morgan fingerprint density at radius 3 is 2.50 bits per heavy atom. The first-order valence-corrected chi connectivity index (χ1v) is 11.1. The van der Waals surface area contributed by atoms with Gasteiger partial charge in [-0.3, -0.25) is 14.3 Å². The Labute approximate surface area is 189 Å². The number of aromatic nitrogens is 5. The van der Waals surface area contributed by atoms with Crippen molar-refractivity contribution in [2.75, 3.05) is 11.1 Å². The van der Waals surface area contributed by atoms with Crippen molar-refractivity contribution < 1.29 is 4.79 Å². The molecule has 0 bridgehead atoms. The summed E-state index contributed by atoms with van der Waals surface area (Å²) >= 11 is 1.27. The average Bonchev–Trinajstić information content (AvgIpc) is 3.25. The lowest BCUT2D eigenvalue weighted by molar-refractivity contribution is -0.113. The van der Waals surface area contributed by atoms with Crippen LogP contribution in [0.3, 0.4) is 0 Å². The van der Waals surface area contributed by atoms with Crippen molar-refractivity contribution in [3.05, 3.63) is 76.2 Å². The molecule has 0 radical (unpaired) electrons. The van der Waals surface area contributed by atoms with Gasteiger partial charge in [-0.15, -0.1) is 10.2 Å². The minimum absolute atomic E-state index is 0.110. The predicted molar refractivity (Wildman–Crippen MR) is 126 cm³/mol. The van der Waals surface area contributed by atoms with Crippen molar-refractivity contribution >= 4 is 23.4 Å². The van der Waals surface area contributed by atoms with Crippen LogP contribution in [0.4, 0.5) is 5.69 Å². The molecule has 0 saturated heterocycles. The Bertz CT molecular complexity index is 1340. The second kappa shape index (κ2) is 8.88. The first-order valence-electron chi connectivity index (χ1n) is 10.1. The topological polar surface area (TPSA) is 86.7 Å². The monoisotopic (exact) mass is 448 g/mol. The fourth-order valence-electron chi connectivity index (χ4n) is 3.49. The Morgan fingerprint density at radius 1 is 1.03 bits per heavy atom. The number of nitrogens with zero attached hydrogens (tertiary/aromatic N) is 5. The zero-order valence-electron chi connectivity index (χ0n) is 18.4. The molecule has 1 N–H and O–H groups in total. The largest absolute Gasteiger partial charge is 0.319 e. The zero-order chi connectivity index (χ0) is 22.8. The van der Waals surface area contributed by atoms with Gasteiger partial charge in [-0.1, -0.05) is 53.7 Å². The zero-order valence-corrected chi connectivity index (χ0v) is 19.2. The van der Waals surface area contributed by atoms with Crippen LogP contribution in [-0.2, 0) is 18.9 Å². The Morgan fingerprint density at radius 2 is 1.78 bits per heavy atom. The maximum absolute atomic E-state index is 13.0. The lowest BCUT2D eigenvalue weighted by atomic mass is 10.1. The standard InChI is InChI=1S/C23H24N6O2S/c1-15-9-8-10-17(13-15)21-25-26-23(27(21)3)32-14-19(30)24-20-16(2)28(4)29(22(20)31)18-11-6-5-7-12-18/h5-13H,14H2,1-4H3,(H,24,30). The molecule has 0 aliphatic rings. The molecule has 0 unspecified atom stereocenters. The first kappa shape index (κ1) is 21.6. The number of para-hydroxylation sites is 1. The minimum atomic E-state index is -0.277. The summed E-state index contributed by atoms with van der Waals surface area (Å²) in [5.74, 6) is 0.571. The van der Waals surface area contributed by atoms with Gasteiger partial charge in [0.2, 0.25) is 5.91 Å². The summed E-state index contributed by atoms with van der Waals surface area (Å²) in [6, 6.07) is 17.3. The molecule has 1 amide bonds. The van der Waals surface area contributed by atoms with Gasteiger partial charge in [0.05, 0.1) is 17.1 Å². The third kappa shape index (κ3) is 4.11. The van der Waals surface area contributed by atoms with Crippen LogP contribution in [0.25, 0.3) is 17.1 Å². The molecule has 4 aromatic rings. The Balaban J connectivity index is 1.48. The third-order valence-electron chi connectivity index (χ3n) is 5.26. The van der Waals surface area contributed by atoms with Crippen molar-refractivity contribution in [1.29, 1.82) is 0 Å². The smallest absolute Gasteiger partial charge is 0.295 e. The average molecular weight is 449 g/mol. The molecule has 0 saturated carbocycles. The van der Waals surface area contributed by atoms with E-state index in [0.717, 1.165) is 22.6 Å². The number of hydrogen-bond acceptors (Lipinski definition) is 5. The molecule has 0 fully saturated rings. The summed E-state index contributed by atoms with van der Waals surface area (Å²) in [4.78, 5) is 25.6. The Kier molecular flexibility index (Phi) is 6.00. The molecule has 32 heavy (non-hydrogen) atoms. The molecule has 0 atom stereocenters. The summed E-state index contributed by atoms with van der Waals surface area (Å²) in [5.41, 5.74) is 3.53. The normalized spacial score (nSPS) is 11.0. The number of aryl methyl sites for hydroxylation is 1. The molecule has 8 nitrogen and oxygen atoms in total. The molecule has 164 valence electrons. The van der Waals surface area contributed by atoms with E-state index in [0.29, 0.717) is 10.9 Å². The van der Waals surface area contributed by atoms with Crippen LogP contribution in [-0.4, -0.2) is 35.8 Å². The van der Waals surface area contributed by atoms with E-state index in [4.69, 9.17) is 0 Å². The van der Waals surface area contributed by atoms with Crippen molar-refractivity contribution in [2.45, 2.75) is 19.0 Å². The SMILES string of the molecule is Cc1cccc(-c2nnc(SCC(=O)Nc3c(C)n(C)n(-c4ccccc4)c3=O)n2C)c1. The number of rotatable bonds is 6. The molecule has 0 spiro atoms. The number of carbonyl (C=O) groups is 1. The summed E-state index contributed by atoms with van der Waals surface area (Å²) in [6.07, 6.45) is 0. The summed E-state index contributed by atoms with van der Waals surface area (Å²) in [6.45, 7) is 3.83. The highest BCUT2D eigenvalue weighted by atomic mass is 32.2. The minimum Gasteiger partial charge on any atom is -0.319 e. The van der Waals surface area contributed by atoms with Gasteiger partial charge in [0, 0.05) is 19.7 Å². The molecule has 4 rings (SSSR count). The van der Waals surface area contributed by atoms with Crippen molar-refractivity contribution in [2.24, 2.45) is 14.1 Å². The van der Waals surface area contributed by atoms with Crippen LogP contribution in [0.15, 0.2) is 64.5 Å². The maximum Gasteiger partial charge on any atom is 0.295 e. The highest BCUT2D eigenvalue weighted by Gasteiger charge is 2.19. The summed E-state index contributed by atoms with van der Waals surface area (Å²) in [7, 11) is 3.66. The lowest BCUT2D eigenvalue weighted by Gasteiger charge is -2.07. The number of amides is 1. The second-order valence-corrected chi connectivity index (χ2v) is 8.45. The van der Waals surface area contributed by atoms with E-state index >= 15 is 0 Å².